The van der Waals surface area contributed by atoms with E-state index in [-0.39, 0.29) is 18.9 Å². The van der Waals surface area contributed by atoms with Crippen molar-refractivity contribution < 1.29 is 24.2 Å². The summed E-state index contributed by atoms with van der Waals surface area (Å²) in [5.74, 6) is -0.488. The first kappa shape index (κ1) is 15.2. The fourth-order valence-corrected chi connectivity index (χ4v) is 2.45. The van der Waals surface area contributed by atoms with Crippen molar-refractivity contribution in [2.75, 3.05) is 20.3 Å². The Balaban J connectivity index is 2.19. The second-order valence-corrected chi connectivity index (χ2v) is 4.90. The van der Waals surface area contributed by atoms with Gasteiger partial charge in [-0.25, -0.2) is 0 Å². The van der Waals surface area contributed by atoms with E-state index in [1.54, 1.807) is 18.1 Å². The largest absolute Gasteiger partial charge is 0.493 e. The average Bonchev–Trinajstić information content (AvgIpc) is 2.82. The molecular weight excluding hydrogens is 274 g/mol. The molecule has 0 saturated carbocycles. The normalized spacial score (nSPS) is 17.9. The van der Waals surface area contributed by atoms with Gasteiger partial charge in [0.1, 0.15) is 0 Å². The second-order valence-electron chi connectivity index (χ2n) is 4.90. The number of amides is 1. The molecule has 21 heavy (non-hydrogen) atoms. The van der Waals surface area contributed by atoms with E-state index in [1.807, 2.05) is 19.1 Å². The Morgan fingerprint density at radius 2 is 2.24 bits per heavy atom. The number of likely N-dealkylation sites (tertiary alicyclic amines) is 1. The lowest BCUT2D eigenvalue weighted by molar-refractivity contribution is -0.141. The molecule has 2 rings (SSSR count). The van der Waals surface area contributed by atoms with Crippen molar-refractivity contribution in [3.8, 4) is 11.5 Å². The molecule has 1 aliphatic heterocycles. The SMILES string of the molecule is CCOc1c(CN2C[C@H](C(=O)O)CC2=O)cccc1OC. The quantitative estimate of drug-likeness (QED) is 0.860. The van der Waals surface area contributed by atoms with Crippen LogP contribution in [0.5, 0.6) is 11.5 Å². The zero-order valence-corrected chi connectivity index (χ0v) is 12.2. The van der Waals surface area contributed by atoms with Gasteiger partial charge in [-0.2, -0.15) is 0 Å². The molecular formula is C15H19NO5. The summed E-state index contributed by atoms with van der Waals surface area (Å²) in [7, 11) is 1.56. The summed E-state index contributed by atoms with van der Waals surface area (Å²) in [6, 6.07) is 5.47. The Morgan fingerprint density at radius 1 is 1.48 bits per heavy atom. The van der Waals surface area contributed by atoms with Gasteiger partial charge in [0.2, 0.25) is 5.91 Å². The molecule has 0 spiro atoms. The maximum absolute atomic E-state index is 11.9. The van der Waals surface area contributed by atoms with Gasteiger partial charge in [0.25, 0.3) is 0 Å². The van der Waals surface area contributed by atoms with Crippen LogP contribution in [0, 0.1) is 5.92 Å². The van der Waals surface area contributed by atoms with Crippen LogP contribution < -0.4 is 9.47 Å². The van der Waals surface area contributed by atoms with Crippen LogP contribution in [0.15, 0.2) is 18.2 Å². The van der Waals surface area contributed by atoms with Gasteiger partial charge in [-0.3, -0.25) is 9.59 Å². The van der Waals surface area contributed by atoms with E-state index in [4.69, 9.17) is 14.6 Å². The smallest absolute Gasteiger partial charge is 0.308 e. The molecule has 1 heterocycles. The molecule has 0 bridgehead atoms. The number of carbonyl (C=O) groups is 2. The molecule has 1 aromatic carbocycles. The number of methoxy groups -OCH3 is 1. The summed E-state index contributed by atoms with van der Waals surface area (Å²) in [6.45, 7) is 2.92. The molecule has 1 aliphatic rings. The first-order chi connectivity index (χ1) is 10.1. The topological polar surface area (TPSA) is 76.1 Å². The predicted molar refractivity (Wildman–Crippen MR) is 75.3 cm³/mol. The number of para-hydroxylation sites is 1. The number of carboxylic acids is 1. The first-order valence-corrected chi connectivity index (χ1v) is 6.86. The highest BCUT2D eigenvalue weighted by molar-refractivity contribution is 5.86. The zero-order chi connectivity index (χ0) is 15.4. The lowest BCUT2D eigenvalue weighted by Crippen LogP contribution is -2.26. The minimum absolute atomic E-state index is 0.0588. The summed E-state index contributed by atoms with van der Waals surface area (Å²) < 4.78 is 10.9. The van der Waals surface area contributed by atoms with E-state index < -0.39 is 11.9 Å². The molecule has 6 nitrogen and oxygen atoms in total. The number of hydrogen-bond acceptors (Lipinski definition) is 4. The summed E-state index contributed by atoms with van der Waals surface area (Å²) in [6.07, 6.45) is 0.0588. The standard InChI is InChI=1S/C15H19NO5/c1-3-21-14-10(5-4-6-12(14)20-2)8-16-9-11(15(18)19)7-13(16)17/h4-6,11H,3,7-9H2,1-2H3,(H,18,19)/t11-/m1/s1. The molecule has 0 aliphatic carbocycles. The number of aliphatic carboxylic acids is 1. The van der Waals surface area contributed by atoms with Crippen molar-refractivity contribution in [1.29, 1.82) is 0 Å². The number of rotatable bonds is 6. The lowest BCUT2D eigenvalue weighted by atomic mass is 10.1. The van der Waals surface area contributed by atoms with E-state index in [9.17, 15) is 9.59 Å². The second kappa shape index (κ2) is 6.47. The number of nitrogens with zero attached hydrogens (tertiary/aromatic N) is 1. The maximum atomic E-state index is 11.9. The molecule has 0 unspecified atom stereocenters. The highest BCUT2D eigenvalue weighted by Crippen LogP contribution is 2.33. The van der Waals surface area contributed by atoms with Crippen molar-refractivity contribution >= 4 is 11.9 Å². The van der Waals surface area contributed by atoms with Gasteiger partial charge in [0, 0.05) is 25.1 Å². The molecule has 1 N–H and O–H groups in total. The summed E-state index contributed by atoms with van der Waals surface area (Å²) >= 11 is 0. The third-order valence-corrected chi connectivity index (χ3v) is 3.49. The molecule has 1 saturated heterocycles. The molecule has 1 fully saturated rings. The van der Waals surface area contributed by atoms with E-state index in [0.29, 0.717) is 24.7 Å². The molecule has 114 valence electrons. The Hall–Kier alpha value is -2.24. The summed E-state index contributed by atoms with van der Waals surface area (Å²) in [4.78, 5) is 24.5. The Bertz CT molecular complexity index is 543. The van der Waals surface area contributed by atoms with Crippen molar-refractivity contribution in [3.05, 3.63) is 23.8 Å². The molecule has 0 radical (unpaired) electrons. The van der Waals surface area contributed by atoms with Gasteiger partial charge in [0.15, 0.2) is 11.5 Å². The van der Waals surface area contributed by atoms with Gasteiger partial charge < -0.3 is 19.5 Å². The van der Waals surface area contributed by atoms with E-state index >= 15 is 0 Å². The third-order valence-electron chi connectivity index (χ3n) is 3.49. The fourth-order valence-electron chi connectivity index (χ4n) is 2.45. The van der Waals surface area contributed by atoms with Crippen LogP contribution in [0.3, 0.4) is 0 Å². The van der Waals surface area contributed by atoms with Crippen LogP contribution in [0.2, 0.25) is 0 Å². The van der Waals surface area contributed by atoms with Gasteiger partial charge in [-0.1, -0.05) is 12.1 Å². The zero-order valence-electron chi connectivity index (χ0n) is 12.2. The Labute approximate surface area is 123 Å². The van der Waals surface area contributed by atoms with Gasteiger partial charge in [-0.05, 0) is 13.0 Å². The average molecular weight is 293 g/mol. The molecule has 6 heteroatoms. The highest BCUT2D eigenvalue weighted by Gasteiger charge is 2.34. The Kier molecular flexibility index (Phi) is 4.67. The number of benzene rings is 1. The van der Waals surface area contributed by atoms with Crippen LogP contribution in [0.1, 0.15) is 18.9 Å². The minimum Gasteiger partial charge on any atom is -0.493 e. The van der Waals surface area contributed by atoms with E-state index in [0.717, 1.165) is 5.56 Å². The van der Waals surface area contributed by atoms with Crippen LogP contribution >= 0.6 is 0 Å². The van der Waals surface area contributed by atoms with Gasteiger partial charge >= 0.3 is 5.97 Å². The minimum atomic E-state index is -0.929. The van der Waals surface area contributed by atoms with E-state index in [1.165, 1.54) is 0 Å². The van der Waals surface area contributed by atoms with Crippen LogP contribution in [0.25, 0.3) is 0 Å². The van der Waals surface area contributed by atoms with Crippen molar-refractivity contribution in [3.63, 3.8) is 0 Å². The molecule has 1 aromatic rings. The number of carboxylic acid groups (broad SMARTS) is 1. The Morgan fingerprint density at radius 3 is 2.81 bits per heavy atom. The van der Waals surface area contributed by atoms with Crippen molar-refractivity contribution in [1.82, 2.24) is 4.90 Å². The fraction of sp³-hybridized carbons (Fsp3) is 0.467. The number of ether oxygens (including phenoxy) is 2. The van der Waals surface area contributed by atoms with E-state index in [2.05, 4.69) is 0 Å². The highest BCUT2D eigenvalue weighted by atomic mass is 16.5. The molecule has 0 aromatic heterocycles. The van der Waals surface area contributed by atoms with Crippen molar-refractivity contribution in [2.45, 2.75) is 19.9 Å². The third kappa shape index (κ3) is 3.26. The summed E-state index contributed by atoms with van der Waals surface area (Å²) in [5.41, 5.74) is 0.815. The van der Waals surface area contributed by atoms with Crippen LogP contribution in [-0.4, -0.2) is 42.1 Å². The first-order valence-electron chi connectivity index (χ1n) is 6.86. The predicted octanol–water partition coefficient (Wildman–Crippen LogP) is 1.53. The summed E-state index contributed by atoms with van der Waals surface area (Å²) in [5, 5.41) is 9.01. The monoisotopic (exact) mass is 293 g/mol. The maximum Gasteiger partial charge on any atom is 0.308 e. The lowest BCUT2D eigenvalue weighted by Gasteiger charge is -2.19. The van der Waals surface area contributed by atoms with Crippen LogP contribution in [0.4, 0.5) is 0 Å². The van der Waals surface area contributed by atoms with Gasteiger partial charge in [-0.15, -0.1) is 0 Å². The van der Waals surface area contributed by atoms with Crippen molar-refractivity contribution in [2.24, 2.45) is 5.92 Å². The van der Waals surface area contributed by atoms with Crippen LogP contribution in [-0.2, 0) is 16.1 Å². The number of hydrogen-bond donors (Lipinski definition) is 1. The molecule has 1 atom stereocenters. The number of carbonyl (C=O) groups excluding carboxylic acids is 1. The van der Waals surface area contributed by atoms with Gasteiger partial charge in [0.05, 0.1) is 19.6 Å². The molecule has 1 amide bonds.